The minimum atomic E-state index is -1.03. The lowest BCUT2D eigenvalue weighted by Crippen LogP contribution is -2.04. The van der Waals surface area contributed by atoms with Crippen LogP contribution in [0.4, 0.5) is 5.82 Å². The normalized spacial score (nSPS) is 11.9. The second-order valence-corrected chi connectivity index (χ2v) is 5.90. The molecule has 1 aromatic heterocycles. The molecule has 5 nitrogen and oxygen atoms in total. The number of benzene rings is 2. The third-order valence-corrected chi connectivity index (χ3v) is 4.04. The Balaban J connectivity index is 2.08. The van der Waals surface area contributed by atoms with Crippen molar-refractivity contribution in [2.45, 2.75) is 13.0 Å². The second kappa shape index (κ2) is 6.36. The van der Waals surface area contributed by atoms with Crippen LogP contribution in [0.2, 0.25) is 5.02 Å². The van der Waals surface area contributed by atoms with Gasteiger partial charge in [-0.05, 0) is 36.8 Å². The molecular formula is C18H15ClN4O. The number of hydrogen-bond acceptors (Lipinski definition) is 4. The fourth-order valence-electron chi connectivity index (χ4n) is 2.44. The van der Waals surface area contributed by atoms with E-state index in [1.807, 2.05) is 25.1 Å². The molecule has 0 spiro atoms. The maximum atomic E-state index is 10.6. The smallest absolute Gasteiger partial charge is 0.145 e. The van der Waals surface area contributed by atoms with Crippen LogP contribution in [0.25, 0.3) is 5.69 Å². The first-order valence-electron chi connectivity index (χ1n) is 7.30. The van der Waals surface area contributed by atoms with Crippen LogP contribution < -0.4 is 5.73 Å². The predicted octanol–water partition coefficient (Wildman–Crippen LogP) is 3.37. The number of rotatable bonds is 3. The highest BCUT2D eigenvalue weighted by atomic mass is 35.5. The lowest BCUT2D eigenvalue weighted by atomic mass is 10.0. The van der Waals surface area contributed by atoms with Gasteiger partial charge in [0.25, 0.3) is 0 Å². The second-order valence-electron chi connectivity index (χ2n) is 5.46. The van der Waals surface area contributed by atoms with E-state index in [1.165, 1.54) is 4.68 Å². The highest BCUT2D eigenvalue weighted by Crippen LogP contribution is 2.29. The zero-order valence-electron chi connectivity index (χ0n) is 12.9. The van der Waals surface area contributed by atoms with Crippen molar-refractivity contribution >= 4 is 17.4 Å². The van der Waals surface area contributed by atoms with Gasteiger partial charge in [0.1, 0.15) is 29.2 Å². The molecule has 0 saturated carbocycles. The van der Waals surface area contributed by atoms with Gasteiger partial charge in [-0.25, -0.2) is 4.68 Å². The van der Waals surface area contributed by atoms with E-state index in [1.54, 1.807) is 36.4 Å². The van der Waals surface area contributed by atoms with Crippen LogP contribution in [0, 0.1) is 18.3 Å². The van der Waals surface area contributed by atoms with Gasteiger partial charge in [0, 0.05) is 5.02 Å². The maximum Gasteiger partial charge on any atom is 0.145 e. The molecule has 0 fully saturated rings. The molecule has 0 amide bonds. The van der Waals surface area contributed by atoms with E-state index in [9.17, 15) is 10.4 Å². The molecule has 24 heavy (non-hydrogen) atoms. The Bertz CT molecular complexity index is 908. The summed E-state index contributed by atoms with van der Waals surface area (Å²) < 4.78 is 1.43. The Labute approximate surface area is 144 Å². The number of aromatic nitrogens is 2. The number of aliphatic hydroxyl groups is 1. The summed E-state index contributed by atoms with van der Waals surface area (Å²) in [5, 5.41) is 25.0. The fraction of sp³-hybridized carbons (Fsp3) is 0.111. The lowest BCUT2D eigenvalue weighted by molar-refractivity contribution is 0.214. The quantitative estimate of drug-likeness (QED) is 0.766. The van der Waals surface area contributed by atoms with E-state index < -0.39 is 6.10 Å². The van der Waals surface area contributed by atoms with Gasteiger partial charge in [-0.15, -0.1) is 0 Å². The van der Waals surface area contributed by atoms with Gasteiger partial charge in [-0.2, -0.15) is 10.4 Å². The zero-order chi connectivity index (χ0) is 17.3. The van der Waals surface area contributed by atoms with E-state index in [0.29, 0.717) is 16.3 Å². The highest BCUT2D eigenvalue weighted by Gasteiger charge is 2.23. The van der Waals surface area contributed by atoms with Gasteiger partial charge in [-0.3, -0.25) is 0 Å². The summed E-state index contributed by atoms with van der Waals surface area (Å²) in [6, 6.07) is 16.3. The number of nitriles is 1. The first-order chi connectivity index (χ1) is 11.5. The molecule has 1 heterocycles. The largest absolute Gasteiger partial charge is 0.382 e. The first kappa shape index (κ1) is 16.1. The fourth-order valence-corrected chi connectivity index (χ4v) is 2.57. The lowest BCUT2D eigenvalue weighted by Gasteiger charge is -2.09. The Morgan fingerprint density at radius 1 is 1.17 bits per heavy atom. The van der Waals surface area contributed by atoms with Crippen LogP contribution in [-0.2, 0) is 0 Å². The molecule has 3 N–H and O–H groups in total. The summed E-state index contributed by atoms with van der Waals surface area (Å²) in [5.74, 6) is 0.181. The van der Waals surface area contributed by atoms with Crippen molar-refractivity contribution in [1.29, 1.82) is 5.26 Å². The number of hydrogen-bond donors (Lipinski definition) is 2. The van der Waals surface area contributed by atoms with Crippen molar-refractivity contribution in [2.75, 3.05) is 5.73 Å². The van der Waals surface area contributed by atoms with Gasteiger partial charge < -0.3 is 10.8 Å². The summed E-state index contributed by atoms with van der Waals surface area (Å²) in [7, 11) is 0. The van der Waals surface area contributed by atoms with Crippen molar-refractivity contribution in [3.63, 3.8) is 0 Å². The number of nitrogens with zero attached hydrogens (tertiary/aromatic N) is 3. The predicted molar refractivity (Wildman–Crippen MR) is 92.9 cm³/mol. The van der Waals surface area contributed by atoms with Crippen molar-refractivity contribution in [3.8, 4) is 11.8 Å². The molecule has 6 heteroatoms. The van der Waals surface area contributed by atoms with Crippen LogP contribution in [0.3, 0.4) is 0 Å². The summed E-state index contributed by atoms with van der Waals surface area (Å²) >= 11 is 5.89. The minimum absolute atomic E-state index is 0.165. The molecule has 120 valence electrons. The van der Waals surface area contributed by atoms with Gasteiger partial charge >= 0.3 is 0 Å². The number of nitrogens with two attached hydrogens (primary N) is 1. The molecule has 1 unspecified atom stereocenters. The number of aliphatic hydroxyl groups excluding tert-OH is 1. The average molecular weight is 339 g/mol. The Hall–Kier alpha value is -2.81. The first-order valence-corrected chi connectivity index (χ1v) is 7.68. The van der Waals surface area contributed by atoms with Crippen molar-refractivity contribution in [3.05, 3.63) is 75.9 Å². The summed E-state index contributed by atoms with van der Waals surface area (Å²) in [6.07, 6.45) is -1.03. The van der Waals surface area contributed by atoms with Gasteiger partial charge in [-0.1, -0.05) is 41.4 Å². The maximum absolute atomic E-state index is 10.6. The van der Waals surface area contributed by atoms with E-state index in [2.05, 4.69) is 5.10 Å². The van der Waals surface area contributed by atoms with Gasteiger partial charge in [0.15, 0.2) is 0 Å². The molecule has 2 aromatic carbocycles. The molecule has 3 aromatic rings. The Morgan fingerprint density at radius 3 is 2.38 bits per heavy atom. The Kier molecular flexibility index (Phi) is 4.26. The number of nitrogen functional groups attached to an aromatic ring is 1. The number of halogens is 1. The van der Waals surface area contributed by atoms with E-state index in [-0.39, 0.29) is 17.1 Å². The summed E-state index contributed by atoms with van der Waals surface area (Å²) in [4.78, 5) is 0. The molecule has 0 aliphatic carbocycles. The zero-order valence-corrected chi connectivity index (χ0v) is 13.7. The molecule has 3 rings (SSSR count). The van der Waals surface area contributed by atoms with Gasteiger partial charge in [0.2, 0.25) is 0 Å². The number of aryl methyl sites for hydroxylation is 1. The van der Waals surface area contributed by atoms with Crippen LogP contribution in [0.1, 0.15) is 28.5 Å². The minimum Gasteiger partial charge on any atom is -0.382 e. The van der Waals surface area contributed by atoms with E-state index in [0.717, 1.165) is 5.56 Å². The molecule has 0 radical (unpaired) electrons. The molecule has 0 aliphatic rings. The van der Waals surface area contributed by atoms with Crippen molar-refractivity contribution < 1.29 is 5.11 Å². The third-order valence-electron chi connectivity index (χ3n) is 3.78. The molecule has 1 atom stereocenters. The van der Waals surface area contributed by atoms with Crippen molar-refractivity contribution in [2.24, 2.45) is 0 Å². The molecule has 0 aliphatic heterocycles. The topological polar surface area (TPSA) is 87.9 Å². The van der Waals surface area contributed by atoms with Crippen LogP contribution in [0.15, 0.2) is 48.5 Å². The molecular weight excluding hydrogens is 324 g/mol. The standard InChI is InChI=1S/C18H15ClN4O/c1-11-2-4-12(5-3-11)17(24)16-15(10-20)18(21)23(22-16)14-8-6-13(19)7-9-14/h2-9,17,24H,21H2,1H3. The Morgan fingerprint density at radius 2 is 1.79 bits per heavy atom. The van der Waals surface area contributed by atoms with Crippen LogP contribution >= 0.6 is 11.6 Å². The van der Waals surface area contributed by atoms with Gasteiger partial charge in [0.05, 0.1) is 5.69 Å². The SMILES string of the molecule is Cc1ccc(C(O)c2nn(-c3ccc(Cl)cc3)c(N)c2C#N)cc1. The summed E-state index contributed by atoms with van der Waals surface area (Å²) in [6.45, 7) is 1.96. The van der Waals surface area contributed by atoms with E-state index >= 15 is 0 Å². The number of anilines is 1. The highest BCUT2D eigenvalue weighted by molar-refractivity contribution is 6.30. The third kappa shape index (κ3) is 2.85. The molecule has 0 saturated heterocycles. The van der Waals surface area contributed by atoms with Crippen LogP contribution in [0.5, 0.6) is 0 Å². The average Bonchev–Trinajstić information content (AvgIpc) is 2.92. The van der Waals surface area contributed by atoms with Crippen molar-refractivity contribution in [1.82, 2.24) is 9.78 Å². The van der Waals surface area contributed by atoms with E-state index in [4.69, 9.17) is 17.3 Å². The monoisotopic (exact) mass is 338 g/mol. The molecule has 0 bridgehead atoms. The summed E-state index contributed by atoms with van der Waals surface area (Å²) in [5.41, 5.74) is 8.85. The van der Waals surface area contributed by atoms with Crippen LogP contribution in [-0.4, -0.2) is 14.9 Å².